The van der Waals surface area contributed by atoms with E-state index in [0.29, 0.717) is 5.82 Å². The molecule has 1 rings (SSSR count). The number of amides is 2. The van der Waals surface area contributed by atoms with Crippen LogP contribution in [0.2, 0.25) is 0 Å². The third kappa shape index (κ3) is 4.06. The summed E-state index contributed by atoms with van der Waals surface area (Å²) >= 11 is 0. The molecule has 0 fully saturated rings. The molecular formula is C10H16N4O4. The van der Waals surface area contributed by atoms with E-state index in [1.165, 1.54) is 12.0 Å². The van der Waals surface area contributed by atoms with E-state index in [4.69, 9.17) is 9.84 Å². The Bertz CT molecular complexity index is 393. The smallest absolute Gasteiger partial charge is 0.328 e. The van der Waals surface area contributed by atoms with Crippen LogP contribution >= 0.6 is 0 Å². The van der Waals surface area contributed by atoms with Gasteiger partial charge < -0.3 is 25.0 Å². The molecule has 0 aromatic carbocycles. The Morgan fingerprint density at radius 1 is 1.67 bits per heavy atom. The van der Waals surface area contributed by atoms with Crippen LogP contribution in [0.1, 0.15) is 5.82 Å². The van der Waals surface area contributed by atoms with E-state index >= 15 is 0 Å². The van der Waals surface area contributed by atoms with Crippen LogP contribution in [0.15, 0.2) is 12.4 Å². The lowest BCUT2D eigenvalue weighted by molar-refractivity contribution is -0.140. The van der Waals surface area contributed by atoms with E-state index in [0.717, 1.165) is 0 Å². The molecule has 1 heterocycles. The van der Waals surface area contributed by atoms with Crippen molar-refractivity contribution >= 4 is 12.0 Å². The molecule has 100 valence electrons. The quantitative estimate of drug-likeness (QED) is 0.645. The Kier molecular flexibility index (Phi) is 5.12. The maximum Gasteiger partial charge on any atom is 0.328 e. The van der Waals surface area contributed by atoms with Crippen LogP contribution in [0.25, 0.3) is 0 Å². The molecule has 0 aliphatic carbocycles. The van der Waals surface area contributed by atoms with Crippen LogP contribution in [0, 0.1) is 0 Å². The van der Waals surface area contributed by atoms with Gasteiger partial charge in [-0.3, -0.25) is 0 Å². The second kappa shape index (κ2) is 6.60. The Balaban J connectivity index is 2.50. The second-order valence-electron chi connectivity index (χ2n) is 3.69. The number of methoxy groups -OCH3 is 1. The molecule has 18 heavy (non-hydrogen) atoms. The molecule has 8 heteroatoms. The normalized spacial score (nSPS) is 11.9. The van der Waals surface area contributed by atoms with Crippen LogP contribution in [-0.4, -0.2) is 58.8 Å². The number of ether oxygens (including phenoxy) is 1. The van der Waals surface area contributed by atoms with Crippen molar-refractivity contribution in [3.63, 3.8) is 0 Å². The van der Waals surface area contributed by atoms with Gasteiger partial charge in [-0.2, -0.15) is 0 Å². The maximum atomic E-state index is 11.7. The first kappa shape index (κ1) is 14.0. The van der Waals surface area contributed by atoms with Gasteiger partial charge in [0.05, 0.1) is 13.2 Å². The van der Waals surface area contributed by atoms with Crippen molar-refractivity contribution in [3.05, 3.63) is 18.2 Å². The Hall–Kier alpha value is -2.09. The Morgan fingerprint density at radius 2 is 2.39 bits per heavy atom. The maximum absolute atomic E-state index is 11.7. The Labute approximate surface area is 104 Å². The number of carbonyl (C=O) groups excluding carboxylic acids is 1. The van der Waals surface area contributed by atoms with Gasteiger partial charge in [0.15, 0.2) is 6.04 Å². The highest BCUT2D eigenvalue weighted by atomic mass is 16.5. The second-order valence-corrected chi connectivity index (χ2v) is 3.69. The van der Waals surface area contributed by atoms with Crippen molar-refractivity contribution in [2.75, 3.05) is 20.8 Å². The fourth-order valence-electron chi connectivity index (χ4n) is 1.28. The van der Waals surface area contributed by atoms with Gasteiger partial charge in [0.25, 0.3) is 0 Å². The zero-order chi connectivity index (χ0) is 13.5. The van der Waals surface area contributed by atoms with Crippen molar-refractivity contribution in [3.8, 4) is 0 Å². The zero-order valence-corrected chi connectivity index (χ0v) is 10.2. The number of hydrogen-bond donors (Lipinski definition) is 3. The highest BCUT2D eigenvalue weighted by molar-refractivity contribution is 5.82. The molecule has 1 unspecified atom stereocenters. The largest absolute Gasteiger partial charge is 0.480 e. The number of hydrogen-bond acceptors (Lipinski definition) is 4. The van der Waals surface area contributed by atoms with E-state index in [-0.39, 0.29) is 13.2 Å². The highest BCUT2D eigenvalue weighted by Crippen LogP contribution is 1.97. The molecule has 3 N–H and O–H groups in total. The first-order chi connectivity index (χ1) is 8.54. The number of aromatic nitrogens is 2. The lowest BCUT2D eigenvalue weighted by Gasteiger charge is -2.20. The third-order valence-corrected chi connectivity index (χ3v) is 2.22. The minimum atomic E-state index is -1.14. The van der Waals surface area contributed by atoms with Gasteiger partial charge in [-0.05, 0) is 0 Å². The number of carboxylic acids is 1. The van der Waals surface area contributed by atoms with E-state index in [2.05, 4.69) is 15.3 Å². The summed E-state index contributed by atoms with van der Waals surface area (Å²) in [6.45, 7) is 0.174. The fourth-order valence-corrected chi connectivity index (χ4v) is 1.28. The van der Waals surface area contributed by atoms with E-state index in [1.807, 2.05) is 0 Å². The summed E-state index contributed by atoms with van der Waals surface area (Å²) in [4.78, 5) is 30.7. The topological polar surface area (TPSA) is 108 Å². The number of carboxylic acid groups (broad SMARTS) is 1. The van der Waals surface area contributed by atoms with Crippen molar-refractivity contribution in [2.24, 2.45) is 0 Å². The number of nitrogens with zero attached hydrogens (tertiary/aromatic N) is 2. The van der Waals surface area contributed by atoms with Gasteiger partial charge in [0, 0.05) is 26.6 Å². The van der Waals surface area contributed by atoms with Crippen LogP contribution in [0.3, 0.4) is 0 Å². The van der Waals surface area contributed by atoms with Crippen molar-refractivity contribution in [1.29, 1.82) is 0 Å². The number of H-pyrrole nitrogens is 1. The minimum absolute atomic E-state index is 0.0876. The first-order valence-electron chi connectivity index (χ1n) is 5.26. The molecule has 2 amide bonds. The predicted molar refractivity (Wildman–Crippen MR) is 61.9 cm³/mol. The summed E-state index contributed by atoms with van der Waals surface area (Å²) in [6.07, 6.45) is 3.22. The first-order valence-corrected chi connectivity index (χ1v) is 5.26. The molecule has 1 aromatic rings. The van der Waals surface area contributed by atoms with Crippen molar-refractivity contribution in [1.82, 2.24) is 20.2 Å². The van der Waals surface area contributed by atoms with Gasteiger partial charge in [0.2, 0.25) is 0 Å². The highest BCUT2D eigenvalue weighted by Gasteiger charge is 2.21. The summed E-state index contributed by atoms with van der Waals surface area (Å²) in [6, 6.07) is -1.57. The molecule has 1 atom stereocenters. The van der Waals surface area contributed by atoms with Crippen LogP contribution in [0.5, 0.6) is 0 Å². The lowest BCUT2D eigenvalue weighted by atomic mass is 10.3. The fraction of sp³-hybridized carbons (Fsp3) is 0.500. The molecule has 8 nitrogen and oxygen atoms in total. The van der Waals surface area contributed by atoms with E-state index in [1.54, 1.807) is 19.4 Å². The van der Waals surface area contributed by atoms with Gasteiger partial charge in [-0.25, -0.2) is 14.6 Å². The van der Waals surface area contributed by atoms with Crippen LogP contribution < -0.4 is 5.32 Å². The van der Waals surface area contributed by atoms with Crippen LogP contribution in [-0.2, 0) is 16.1 Å². The predicted octanol–water partition coefficient (Wildman–Crippen LogP) is -0.349. The average Bonchev–Trinajstić information content (AvgIpc) is 2.80. The number of carbonyl (C=O) groups is 2. The minimum Gasteiger partial charge on any atom is -0.480 e. The molecule has 0 saturated heterocycles. The van der Waals surface area contributed by atoms with Gasteiger partial charge >= 0.3 is 12.0 Å². The number of aliphatic carboxylic acids is 1. The molecule has 0 saturated carbocycles. The summed E-state index contributed by atoms with van der Waals surface area (Å²) in [5.74, 6) is -0.525. The third-order valence-electron chi connectivity index (χ3n) is 2.22. The molecule has 0 radical (unpaired) electrons. The number of aromatic amines is 1. The molecule has 0 aliphatic heterocycles. The molecule has 1 aromatic heterocycles. The number of nitrogens with one attached hydrogen (secondary N) is 2. The summed E-state index contributed by atoms with van der Waals surface area (Å²) in [5, 5.41) is 11.2. The monoisotopic (exact) mass is 256 g/mol. The molecule has 0 spiro atoms. The Morgan fingerprint density at radius 3 is 2.89 bits per heavy atom. The number of rotatable bonds is 6. The van der Waals surface area contributed by atoms with Crippen LogP contribution in [0.4, 0.5) is 4.79 Å². The zero-order valence-electron chi connectivity index (χ0n) is 10.2. The van der Waals surface area contributed by atoms with Crippen molar-refractivity contribution in [2.45, 2.75) is 12.6 Å². The lowest BCUT2D eigenvalue weighted by Crippen LogP contribution is -2.48. The average molecular weight is 256 g/mol. The molecule has 0 aliphatic rings. The van der Waals surface area contributed by atoms with E-state index in [9.17, 15) is 9.59 Å². The molecular weight excluding hydrogens is 240 g/mol. The number of imidazole rings is 1. The van der Waals surface area contributed by atoms with Gasteiger partial charge in [-0.15, -0.1) is 0 Å². The van der Waals surface area contributed by atoms with Gasteiger partial charge in [0.1, 0.15) is 5.82 Å². The number of urea groups is 1. The summed E-state index contributed by atoms with van der Waals surface area (Å²) in [5.41, 5.74) is 0. The molecule has 0 bridgehead atoms. The summed E-state index contributed by atoms with van der Waals surface area (Å²) in [7, 11) is 2.91. The SMILES string of the molecule is COCC(NC(=O)N(C)Cc1ncc[nH]1)C(=O)O. The van der Waals surface area contributed by atoms with Crippen molar-refractivity contribution < 1.29 is 19.4 Å². The standard InChI is InChI=1S/C10H16N4O4/c1-14(5-8-11-3-4-12-8)10(17)13-7(6-18-2)9(15)16/h3-4,7H,5-6H2,1-2H3,(H,11,12)(H,13,17)(H,15,16). The van der Waals surface area contributed by atoms with Gasteiger partial charge in [-0.1, -0.05) is 0 Å². The van der Waals surface area contributed by atoms with E-state index < -0.39 is 18.0 Å². The summed E-state index contributed by atoms with van der Waals surface area (Å²) < 4.78 is 4.72.